The zero-order valence-electron chi connectivity index (χ0n) is 13.8. The fraction of sp³-hybridized carbons (Fsp3) is 0.294. The van der Waals surface area contributed by atoms with Crippen LogP contribution in [-0.2, 0) is 9.84 Å². The summed E-state index contributed by atoms with van der Waals surface area (Å²) in [5.41, 5.74) is 1.00. The number of nitrogens with zero attached hydrogens (tertiary/aromatic N) is 2. The number of hydrogen-bond donors (Lipinski definition) is 1. The van der Waals surface area contributed by atoms with Gasteiger partial charge in [0.2, 0.25) is 0 Å². The Bertz CT molecular complexity index is 884. The van der Waals surface area contributed by atoms with Crippen LogP contribution in [0, 0.1) is 10.1 Å². The van der Waals surface area contributed by atoms with Crippen LogP contribution in [-0.4, -0.2) is 38.7 Å². The van der Waals surface area contributed by atoms with Crippen molar-refractivity contribution in [2.24, 2.45) is 0 Å². The van der Waals surface area contributed by atoms with E-state index in [1.807, 2.05) is 35.2 Å². The second-order valence-corrected chi connectivity index (χ2v) is 8.08. The van der Waals surface area contributed by atoms with E-state index in [-0.39, 0.29) is 16.6 Å². The maximum absolute atomic E-state index is 11.9. The standard InChI is InChI=1S/C17H19N3O4S/c1-25(23,24)16-9-5-8-15(17(16)20(21)22)19-11-10-14(12-19)18-13-6-3-2-4-7-13/h2-9,14,18H,10-12H2,1H3. The molecule has 1 aliphatic heterocycles. The highest BCUT2D eigenvalue weighted by Gasteiger charge is 2.32. The molecule has 0 saturated carbocycles. The minimum absolute atomic E-state index is 0.142. The Morgan fingerprint density at radius 3 is 2.52 bits per heavy atom. The monoisotopic (exact) mass is 361 g/mol. The van der Waals surface area contributed by atoms with Crippen molar-refractivity contribution in [1.29, 1.82) is 0 Å². The molecular weight excluding hydrogens is 342 g/mol. The number of sulfone groups is 1. The van der Waals surface area contributed by atoms with Gasteiger partial charge in [0.05, 0.1) is 4.92 Å². The van der Waals surface area contributed by atoms with Crippen LogP contribution in [0.4, 0.5) is 17.1 Å². The van der Waals surface area contributed by atoms with Gasteiger partial charge in [0.15, 0.2) is 9.84 Å². The molecule has 132 valence electrons. The second kappa shape index (κ2) is 6.72. The molecule has 1 heterocycles. The first kappa shape index (κ1) is 17.2. The second-order valence-electron chi connectivity index (χ2n) is 6.10. The van der Waals surface area contributed by atoms with Gasteiger partial charge < -0.3 is 10.2 Å². The molecule has 1 aliphatic rings. The smallest absolute Gasteiger partial charge is 0.311 e. The molecule has 0 aliphatic carbocycles. The van der Waals surface area contributed by atoms with Crippen LogP contribution in [0.2, 0.25) is 0 Å². The average Bonchev–Trinajstić information content (AvgIpc) is 3.02. The van der Waals surface area contributed by atoms with E-state index in [9.17, 15) is 18.5 Å². The third kappa shape index (κ3) is 3.74. The van der Waals surface area contributed by atoms with Gasteiger partial charge in [0.1, 0.15) is 10.6 Å². The molecule has 1 unspecified atom stereocenters. The van der Waals surface area contributed by atoms with Crippen LogP contribution in [0.25, 0.3) is 0 Å². The van der Waals surface area contributed by atoms with Gasteiger partial charge in [0, 0.05) is 31.1 Å². The third-order valence-electron chi connectivity index (χ3n) is 4.23. The SMILES string of the molecule is CS(=O)(=O)c1cccc(N2CCC(Nc3ccccc3)C2)c1[N+](=O)[O-]. The Kier molecular flexibility index (Phi) is 4.63. The van der Waals surface area contributed by atoms with E-state index in [4.69, 9.17) is 0 Å². The number of hydrogen-bond acceptors (Lipinski definition) is 6. The fourth-order valence-corrected chi connectivity index (χ4v) is 3.97. The van der Waals surface area contributed by atoms with Crippen molar-refractivity contribution < 1.29 is 13.3 Å². The fourth-order valence-electron chi connectivity index (χ4n) is 3.12. The quantitative estimate of drug-likeness (QED) is 0.650. The van der Waals surface area contributed by atoms with Gasteiger partial charge in [-0.05, 0) is 30.7 Å². The molecule has 3 rings (SSSR count). The number of benzene rings is 2. The number of nitro benzene ring substituents is 1. The highest BCUT2D eigenvalue weighted by atomic mass is 32.2. The lowest BCUT2D eigenvalue weighted by Gasteiger charge is -2.20. The lowest BCUT2D eigenvalue weighted by atomic mass is 10.2. The molecule has 0 amide bonds. The summed E-state index contributed by atoms with van der Waals surface area (Å²) in [6.45, 7) is 1.20. The van der Waals surface area contributed by atoms with E-state index in [0.717, 1.165) is 18.4 Å². The van der Waals surface area contributed by atoms with Crippen molar-refractivity contribution in [3.05, 3.63) is 58.6 Å². The normalized spacial score (nSPS) is 17.5. The molecule has 0 radical (unpaired) electrons. The van der Waals surface area contributed by atoms with Crippen LogP contribution >= 0.6 is 0 Å². The molecule has 0 bridgehead atoms. The van der Waals surface area contributed by atoms with Crippen molar-refractivity contribution in [2.75, 3.05) is 29.6 Å². The maximum atomic E-state index is 11.9. The van der Waals surface area contributed by atoms with E-state index in [1.54, 1.807) is 12.1 Å². The predicted molar refractivity (Wildman–Crippen MR) is 96.9 cm³/mol. The van der Waals surface area contributed by atoms with Gasteiger partial charge in [-0.2, -0.15) is 0 Å². The Morgan fingerprint density at radius 1 is 1.16 bits per heavy atom. The zero-order chi connectivity index (χ0) is 18.0. The number of anilines is 2. The Morgan fingerprint density at radius 2 is 1.88 bits per heavy atom. The van der Waals surface area contributed by atoms with Gasteiger partial charge >= 0.3 is 5.69 Å². The molecule has 0 aromatic heterocycles. The molecule has 2 aromatic carbocycles. The summed E-state index contributed by atoms with van der Waals surface area (Å²) in [7, 11) is -3.68. The van der Waals surface area contributed by atoms with Crippen LogP contribution in [0.1, 0.15) is 6.42 Å². The number of para-hydroxylation sites is 2. The van der Waals surface area contributed by atoms with Crippen LogP contribution in [0.15, 0.2) is 53.4 Å². The van der Waals surface area contributed by atoms with Gasteiger partial charge in [-0.3, -0.25) is 10.1 Å². The molecule has 25 heavy (non-hydrogen) atoms. The van der Waals surface area contributed by atoms with Crippen molar-refractivity contribution in [2.45, 2.75) is 17.4 Å². The van der Waals surface area contributed by atoms with E-state index in [0.29, 0.717) is 18.8 Å². The van der Waals surface area contributed by atoms with Gasteiger partial charge in [0.25, 0.3) is 0 Å². The van der Waals surface area contributed by atoms with Crippen LogP contribution < -0.4 is 10.2 Å². The number of nitro groups is 1. The Balaban J connectivity index is 1.87. The summed E-state index contributed by atoms with van der Waals surface area (Å²) in [4.78, 5) is 12.5. The van der Waals surface area contributed by atoms with E-state index >= 15 is 0 Å². The summed E-state index contributed by atoms with van der Waals surface area (Å²) in [6, 6.07) is 14.3. The third-order valence-corrected chi connectivity index (χ3v) is 5.36. The van der Waals surface area contributed by atoms with Crippen LogP contribution in [0.3, 0.4) is 0 Å². The van der Waals surface area contributed by atoms with Gasteiger partial charge in [-0.1, -0.05) is 24.3 Å². The first-order chi connectivity index (χ1) is 11.9. The first-order valence-corrected chi connectivity index (χ1v) is 9.79. The molecule has 2 aromatic rings. The Labute approximate surface area is 146 Å². The van der Waals surface area contributed by atoms with Crippen molar-refractivity contribution >= 4 is 26.9 Å². The van der Waals surface area contributed by atoms with Crippen molar-refractivity contribution in [1.82, 2.24) is 0 Å². The van der Waals surface area contributed by atoms with Gasteiger partial charge in [-0.25, -0.2) is 8.42 Å². The van der Waals surface area contributed by atoms with Crippen molar-refractivity contribution in [3.63, 3.8) is 0 Å². The molecule has 1 atom stereocenters. The van der Waals surface area contributed by atoms with Crippen molar-refractivity contribution in [3.8, 4) is 0 Å². The minimum Gasteiger partial charge on any atom is -0.380 e. The summed E-state index contributed by atoms with van der Waals surface area (Å²) in [5, 5.41) is 14.9. The Hall–Kier alpha value is -2.61. The summed E-state index contributed by atoms with van der Waals surface area (Å²) >= 11 is 0. The first-order valence-electron chi connectivity index (χ1n) is 7.90. The van der Waals surface area contributed by atoms with Crippen LogP contribution in [0.5, 0.6) is 0 Å². The maximum Gasteiger partial charge on any atom is 0.311 e. The molecule has 1 fully saturated rings. The van der Waals surface area contributed by atoms with E-state index in [1.165, 1.54) is 6.07 Å². The largest absolute Gasteiger partial charge is 0.380 e. The summed E-state index contributed by atoms with van der Waals surface area (Å²) in [5.74, 6) is 0. The number of nitrogens with one attached hydrogen (secondary N) is 1. The van der Waals surface area contributed by atoms with Gasteiger partial charge in [-0.15, -0.1) is 0 Å². The molecule has 7 nitrogen and oxygen atoms in total. The lowest BCUT2D eigenvalue weighted by Crippen LogP contribution is -2.26. The summed E-state index contributed by atoms with van der Waals surface area (Å²) in [6.07, 6.45) is 1.80. The zero-order valence-corrected chi connectivity index (χ0v) is 14.6. The molecular formula is C17H19N3O4S. The summed E-state index contributed by atoms with van der Waals surface area (Å²) < 4.78 is 23.8. The lowest BCUT2D eigenvalue weighted by molar-refractivity contribution is -0.387. The molecule has 1 saturated heterocycles. The highest BCUT2D eigenvalue weighted by Crippen LogP contribution is 2.36. The average molecular weight is 361 g/mol. The predicted octanol–water partition coefficient (Wildman–Crippen LogP) is 2.69. The van der Waals surface area contributed by atoms with E-state index < -0.39 is 14.8 Å². The highest BCUT2D eigenvalue weighted by molar-refractivity contribution is 7.90. The molecule has 1 N–H and O–H groups in total. The molecule has 8 heteroatoms. The topological polar surface area (TPSA) is 92.6 Å². The van der Waals surface area contributed by atoms with E-state index in [2.05, 4.69) is 5.32 Å². The minimum atomic E-state index is -3.68. The molecule has 0 spiro atoms. The number of rotatable bonds is 5.